The van der Waals surface area contributed by atoms with Crippen LogP contribution < -0.4 is 15.8 Å². The average molecular weight is 516 g/mol. The molecule has 0 saturated heterocycles. The number of benzene rings is 2. The molecule has 186 valence electrons. The van der Waals surface area contributed by atoms with Crippen LogP contribution in [0, 0.1) is 6.92 Å². The maximum Gasteiger partial charge on any atom is 0.289 e. The molecule has 4 heterocycles. The number of aromatic nitrogens is 6. The van der Waals surface area contributed by atoms with Crippen LogP contribution in [-0.2, 0) is 4.74 Å². The fourth-order valence-electron chi connectivity index (χ4n) is 3.96. The molecule has 0 spiro atoms. The number of fused-ring (bicyclic) bond motifs is 2. The van der Waals surface area contributed by atoms with E-state index in [1.54, 1.807) is 10.7 Å². The van der Waals surface area contributed by atoms with Crippen LogP contribution in [0.15, 0.2) is 54.0 Å². The van der Waals surface area contributed by atoms with Crippen LogP contribution in [0.3, 0.4) is 0 Å². The van der Waals surface area contributed by atoms with Gasteiger partial charge in [0.25, 0.3) is 6.02 Å². The molecule has 5 aromatic rings. The minimum absolute atomic E-state index is 0.242. The van der Waals surface area contributed by atoms with E-state index in [1.807, 2.05) is 57.2 Å². The van der Waals surface area contributed by atoms with Gasteiger partial charge in [-0.1, -0.05) is 11.6 Å². The number of nitrogen functional groups attached to an aromatic ring is 1. The zero-order chi connectivity index (χ0) is 25.7. The van der Waals surface area contributed by atoms with E-state index in [9.17, 15) is 0 Å². The summed E-state index contributed by atoms with van der Waals surface area (Å²) in [5.41, 5.74) is 9.71. The smallest absolute Gasteiger partial charge is 0.289 e. The lowest BCUT2D eigenvalue weighted by Crippen LogP contribution is -2.17. The molecule has 6 rings (SSSR count). The number of aliphatic imine (C=N–C) groups is 1. The molecule has 0 aliphatic carbocycles. The topological polar surface area (TPSA) is 138 Å². The Morgan fingerprint density at radius 1 is 1.14 bits per heavy atom. The van der Waals surface area contributed by atoms with Gasteiger partial charge in [-0.25, -0.2) is 19.9 Å². The normalized spacial score (nSPS) is 14.5. The number of hydrogen-bond acceptors (Lipinski definition) is 10. The van der Waals surface area contributed by atoms with Gasteiger partial charge in [0.15, 0.2) is 11.5 Å². The first-order chi connectivity index (χ1) is 17.8. The van der Waals surface area contributed by atoms with Crippen LogP contribution in [0.2, 0.25) is 5.02 Å². The van der Waals surface area contributed by atoms with Crippen LogP contribution in [0.25, 0.3) is 27.9 Å². The second-order valence-electron chi connectivity index (χ2n) is 9.32. The Labute approximate surface area is 216 Å². The average Bonchev–Trinajstić information content (AvgIpc) is 3.48. The van der Waals surface area contributed by atoms with Crippen molar-refractivity contribution >= 4 is 45.7 Å². The molecular weight excluding hydrogens is 494 g/mol. The van der Waals surface area contributed by atoms with Gasteiger partial charge in [0, 0.05) is 16.6 Å². The highest BCUT2D eigenvalue weighted by Crippen LogP contribution is 2.33. The molecule has 3 aromatic heterocycles. The highest BCUT2D eigenvalue weighted by Gasteiger charge is 2.26. The van der Waals surface area contributed by atoms with E-state index in [0.29, 0.717) is 35.7 Å². The van der Waals surface area contributed by atoms with Crippen molar-refractivity contribution in [1.82, 2.24) is 29.5 Å². The Kier molecular flexibility index (Phi) is 5.30. The number of hydrogen-bond donors (Lipinski definition) is 2. The summed E-state index contributed by atoms with van der Waals surface area (Å²) in [6, 6.07) is 11.8. The first-order valence-corrected chi connectivity index (χ1v) is 11.8. The Balaban J connectivity index is 1.27. The number of rotatable bonds is 4. The van der Waals surface area contributed by atoms with Gasteiger partial charge in [-0.2, -0.15) is 0 Å². The molecule has 0 fully saturated rings. The zero-order valence-corrected chi connectivity index (χ0v) is 21.0. The molecule has 12 heteroatoms. The van der Waals surface area contributed by atoms with Crippen molar-refractivity contribution in [1.29, 1.82) is 0 Å². The van der Waals surface area contributed by atoms with E-state index in [1.165, 1.54) is 6.33 Å². The van der Waals surface area contributed by atoms with Crippen molar-refractivity contribution in [3.05, 3.63) is 59.6 Å². The van der Waals surface area contributed by atoms with Gasteiger partial charge >= 0.3 is 0 Å². The Bertz CT molecular complexity index is 1710. The third kappa shape index (κ3) is 4.33. The Morgan fingerprint density at radius 3 is 2.78 bits per heavy atom. The molecule has 1 aliphatic heterocycles. The molecule has 11 nitrogen and oxygen atoms in total. The third-order valence-corrected chi connectivity index (χ3v) is 6.17. The van der Waals surface area contributed by atoms with Gasteiger partial charge in [-0.05, 0) is 62.7 Å². The van der Waals surface area contributed by atoms with E-state index in [2.05, 4.69) is 30.5 Å². The molecule has 2 aromatic carbocycles. The second-order valence-corrected chi connectivity index (χ2v) is 9.69. The number of aryl methyl sites for hydroxylation is 1. The summed E-state index contributed by atoms with van der Waals surface area (Å²) in [4.78, 5) is 18.1. The molecule has 1 aliphatic rings. The summed E-state index contributed by atoms with van der Waals surface area (Å²) in [5, 5.41) is 12.0. The first-order valence-electron chi connectivity index (χ1n) is 11.5. The van der Waals surface area contributed by atoms with Crippen LogP contribution in [-0.4, -0.2) is 47.7 Å². The predicted molar refractivity (Wildman–Crippen MR) is 141 cm³/mol. The number of nitrogens with zero attached hydrogens (tertiary/aromatic N) is 7. The highest BCUT2D eigenvalue weighted by atomic mass is 35.5. The number of halogens is 1. The summed E-state index contributed by atoms with van der Waals surface area (Å²) >= 11 is 6.39. The standard InChI is InChI=1S/C25H22ClN9O2/c1-13-8-14(4-7-18(13)37-23-19(26)22-34-29-12-35(22)11-28-23)21-31-17-6-5-15(9-16(17)20(27)32-21)30-24-33-25(2,3)10-36-24/h4-9,11-12H,10H2,1-3H3,(H,30,33)(H2,27,31,32). The lowest BCUT2D eigenvalue weighted by molar-refractivity contribution is 0.278. The number of ether oxygens (including phenoxy) is 2. The fraction of sp³-hybridized carbons (Fsp3) is 0.200. The number of amidine groups is 1. The van der Waals surface area contributed by atoms with E-state index in [4.69, 9.17) is 31.8 Å². The molecule has 0 saturated carbocycles. The van der Waals surface area contributed by atoms with Gasteiger partial charge in [-0.15, -0.1) is 10.2 Å². The first kappa shape index (κ1) is 22.9. The summed E-state index contributed by atoms with van der Waals surface area (Å²) in [7, 11) is 0. The molecule has 0 radical (unpaired) electrons. The van der Waals surface area contributed by atoms with Gasteiger partial charge in [0.1, 0.15) is 35.9 Å². The van der Waals surface area contributed by atoms with E-state index in [-0.39, 0.29) is 16.4 Å². The Morgan fingerprint density at radius 2 is 2.00 bits per heavy atom. The van der Waals surface area contributed by atoms with E-state index in [0.717, 1.165) is 27.7 Å². The van der Waals surface area contributed by atoms with E-state index < -0.39 is 0 Å². The summed E-state index contributed by atoms with van der Waals surface area (Å²) in [6.45, 7) is 6.47. The SMILES string of the molecule is Cc1cc(-c2nc(N)c3cc(NC4=NC(C)(C)CO4)ccc3n2)ccc1Oc1ncn2cnnc2c1Cl. The molecule has 0 atom stereocenters. The summed E-state index contributed by atoms with van der Waals surface area (Å²) in [6.07, 6.45) is 3.06. The molecule has 0 unspecified atom stereocenters. The largest absolute Gasteiger partial charge is 0.462 e. The van der Waals surface area contributed by atoms with Crippen LogP contribution >= 0.6 is 11.6 Å². The summed E-state index contributed by atoms with van der Waals surface area (Å²) < 4.78 is 13.2. The molecule has 0 bridgehead atoms. The monoisotopic (exact) mass is 515 g/mol. The Hall–Kier alpha value is -4.51. The number of anilines is 2. The van der Waals surface area contributed by atoms with Crippen molar-refractivity contribution in [3.8, 4) is 23.0 Å². The van der Waals surface area contributed by atoms with Crippen molar-refractivity contribution in [3.63, 3.8) is 0 Å². The fourth-order valence-corrected chi connectivity index (χ4v) is 4.18. The summed E-state index contributed by atoms with van der Waals surface area (Å²) in [5.74, 6) is 1.71. The maximum atomic E-state index is 6.39. The zero-order valence-electron chi connectivity index (χ0n) is 20.2. The lowest BCUT2D eigenvalue weighted by atomic mass is 10.1. The number of nitrogens with two attached hydrogens (primary N) is 1. The lowest BCUT2D eigenvalue weighted by Gasteiger charge is -2.12. The molecule has 37 heavy (non-hydrogen) atoms. The quantitative estimate of drug-likeness (QED) is 0.350. The van der Waals surface area contributed by atoms with Gasteiger partial charge in [0.05, 0.1) is 11.1 Å². The van der Waals surface area contributed by atoms with Gasteiger partial charge in [-0.3, -0.25) is 4.40 Å². The minimum Gasteiger partial charge on any atom is -0.462 e. The van der Waals surface area contributed by atoms with Crippen LogP contribution in [0.1, 0.15) is 19.4 Å². The van der Waals surface area contributed by atoms with Crippen LogP contribution in [0.5, 0.6) is 11.6 Å². The number of nitrogens with one attached hydrogen (secondary N) is 1. The molecule has 3 N–H and O–H groups in total. The van der Waals surface area contributed by atoms with Crippen molar-refractivity contribution in [2.24, 2.45) is 4.99 Å². The minimum atomic E-state index is -0.247. The molecule has 0 amide bonds. The maximum absolute atomic E-state index is 6.39. The second kappa shape index (κ2) is 8.56. The molecular formula is C25H22ClN9O2. The van der Waals surface area contributed by atoms with Crippen molar-refractivity contribution in [2.75, 3.05) is 17.7 Å². The predicted octanol–water partition coefficient (Wildman–Crippen LogP) is 4.65. The van der Waals surface area contributed by atoms with Crippen molar-refractivity contribution < 1.29 is 9.47 Å². The van der Waals surface area contributed by atoms with Gasteiger partial charge < -0.3 is 20.5 Å². The highest BCUT2D eigenvalue weighted by molar-refractivity contribution is 6.34. The van der Waals surface area contributed by atoms with Crippen LogP contribution in [0.4, 0.5) is 11.5 Å². The van der Waals surface area contributed by atoms with E-state index >= 15 is 0 Å². The van der Waals surface area contributed by atoms with Crippen molar-refractivity contribution in [2.45, 2.75) is 26.3 Å². The van der Waals surface area contributed by atoms with Gasteiger partial charge in [0.2, 0.25) is 5.88 Å². The third-order valence-electron chi connectivity index (χ3n) is 5.84.